The number of carbonyl (C=O) groups is 1. The van der Waals surface area contributed by atoms with Crippen molar-refractivity contribution in [3.8, 4) is 0 Å². The van der Waals surface area contributed by atoms with Gasteiger partial charge in [-0.15, -0.1) is 0 Å². The highest BCUT2D eigenvalue weighted by Gasteiger charge is 2.07. The van der Waals surface area contributed by atoms with E-state index in [1.165, 1.54) is 0 Å². The summed E-state index contributed by atoms with van der Waals surface area (Å²) in [6, 6.07) is 0. The standard InChI is InChI=1S/C6H13NO/c1-5(2)6(3-7)4-8/h4-6H,3,7H2,1-2H3. The number of aldehydes is 1. The molecule has 0 spiro atoms. The quantitative estimate of drug-likeness (QED) is 0.541. The highest BCUT2D eigenvalue weighted by Crippen LogP contribution is 2.04. The van der Waals surface area contributed by atoms with Crippen molar-refractivity contribution in [1.29, 1.82) is 0 Å². The van der Waals surface area contributed by atoms with Crippen molar-refractivity contribution < 1.29 is 4.79 Å². The van der Waals surface area contributed by atoms with Gasteiger partial charge in [0.1, 0.15) is 6.29 Å². The highest BCUT2D eigenvalue weighted by molar-refractivity contribution is 5.54. The summed E-state index contributed by atoms with van der Waals surface area (Å²) in [7, 11) is 0. The van der Waals surface area contributed by atoms with Crippen LogP contribution in [0.15, 0.2) is 0 Å². The van der Waals surface area contributed by atoms with Gasteiger partial charge in [0.05, 0.1) is 0 Å². The lowest BCUT2D eigenvalue weighted by molar-refractivity contribution is -0.111. The van der Waals surface area contributed by atoms with Crippen LogP contribution in [0, 0.1) is 11.8 Å². The first kappa shape index (κ1) is 7.63. The molecule has 0 aromatic carbocycles. The molecule has 48 valence electrons. The Hall–Kier alpha value is -0.370. The molecule has 0 amide bonds. The van der Waals surface area contributed by atoms with Crippen LogP contribution in [-0.4, -0.2) is 12.8 Å². The Morgan fingerprint density at radius 3 is 2.12 bits per heavy atom. The summed E-state index contributed by atoms with van der Waals surface area (Å²) in [5.41, 5.74) is 5.25. The van der Waals surface area contributed by atoms with Crippen LogP contribution in [0.1, 0.15) is 13.8 Å². The van der Waals surface area contributed by atoms with Crippen LogP contribution < -0.4 is 5.73 Å². The third-order valence-electron chi connectivity index (χ3n) is 1.30. The number of rotatable bonds is 3. The zero-order valence-electron chi connectivity index (χ0n) is 5.42. The van der Waals surface area contributed by atoms with Gasteiger partial charge in [0.15, 0.2) is 0 Å². The summed E-state index contributed by atoms with van der Waals surface area (Å²) in [4.78, 5) is 10.1. The molecule has 2 nitrogen and oxygen atoms in total. The fraction of sp³-hybridized carbons (Fsp3) is 0.833. The van der Waals surface area contributed by atoms with Gasteiger partial charge < -0.3 is 10.5 Å². The maximum Gasteiger partial charge on any atom is 0.124 e. The molecule has 0 aliphatic rings. The normalized spacial score (nSPS) is 14.0. The van der Waals surface area contributed by atoms with Crippen LogP contribution in [0.2, 0.25) is 0 Å². The molecule has 0 aromatic rings. The fourth-order valence-corrected chi connectivity index (χ4v) is 0.485. The number of nitrogens with two attached hydrogens (primary N) is 1. The first-order valence-electron chi connectivity index (χ1n) is 2.87. The van der Waals surface area contributed by atoms with Crippen molar-refractivity contribution in [2.75, 3.05) is 6.54 Å². The zero-order valence-corrected chi connectivity index (χ0v) is 5.42. The van der Waals surface area contributed by atoms with E-state index in [2.05, 4.69) is 0 Å². The number of hydrogen-bond donors (Lipinski definition) is 1. The molecule has 0 heterocycles. The summed E-state index contributed by atoms with van der Waals surface area (Å²) in [5.74, 6) is 0.437. The van der Waals surface area contributed by atoms with Crippen LogP contribution in [0.5, 0.6) is 0 Å². The average Bonchev–Trinajstić information content (AvgIpc) is 1.69. The third kappa shape index (κ3) is 2.07. The Bertz CT molecular complexity index is 70.9. The molecular formula is C6H13NO. The molecule has 1 unspecified atom stereocenters. The van der Waals surface area contributed by atoms with Crippen LogP contribution in [0.25, 0.3) is 0 Å². The molecule has 2 N–H and O–H groups in total. The van der Waals surface area contributed by atoms with E-state index < -0.39 is 0 Å². The van der Waals surface area contributed by atoms with E-state index >= 15 is 0 Å². The van der Waals surface area contributed by atoms with Gasteiger partial charge >= 0.3 is 0 Å². The zero-order chi connectivity index (χ0) is 6.57. The molecule has 0 saturated heterocycles. The maximum absolute atomic E-state index is 10.1. The van der Waals surface area contributed by atoms with Crippen molar-refractivity contribution in [3.63, 3.8) is 0 Å². The van der Waals surface area contributed by atoms with Crippen LogP contribution in [0.3, 0.4) is 0 Å². The lowest BCUT2D eigenvalue weighted by Crippen LogP contribution is -2.20. The van der Waals surface area contributed by atoms with Gasteiger partial charge in [-0.05, 0) is 5.92 Å². The second-order valence-corrected chi connectivity index (χ2v) is 2.28. The first-order valence-corrected chi connectivity index (χ1v) is 2.87. The number of hydrogen-bond acceptors (Lipinski definition) is 2. The minimum atomic E-state index is 0.0509. The Kier molecular flexibility index (Phi) is 3.44. The molecular weight excluding hydrogens is 102 g/mol. The second-order valence-electron chi connectivity index (χ2n) is 2.28. The van der Waals surface area contributed by atoms with Crippen molar-refractivity contribution in [3.05, 3.63) is 0 Å². The van der Waals surface area contributed by atoms with E-state index in [1.54, 1.807) is 0 Å². The Morgan fingerprint density at radius 2 is 2.12 bits per heavy atom. The van der Waals surface area contributed by atoms with Gasteiger partial charge in [-0.3, -0.25) is 0 Å². The number of carbonyl (C=O) groups excluding carboxylic acids is 1. The molecule has 2 heteroatoms. The minimum absolute atomic E-state index is 0.0509. The van der Waals surface area contributed by atoms with Gasteiger partial charge in [-0.1, -0.05) is 13.8 Å². The maximum atomic E-state index is 10.1. The summed E-state index contributed by atoms with van der Waals surface area (Å²) < 4.78 is 0. The largest absolute Gasteiger partial charge is 0.330 e. The molecule has 0 rings (SSSR count). The van der Waals surface area contributed by atoms with Crippen molar-refractivity contribution in [2.45, 2.75) is 13.8 Å². The Labute approximate surface area is 50.1 Å². The highest BCUT2D eigenvalue weighted by atomic mass is 16.1. The summed E-state index contributed by atoms with van der Waals surface area (Å²) in [6.07, 6.45) is 0.921. The van der Waals surface area contributed by atoms with Gasteiger partial charge in [-0.2, -0.15) is 0 Å². The predicted molar refractivity (Wildman–Crippen MR) is 33.4 cm³/mol. The van der Waals surface area contributed by atoms with E-state index in [4.69, 9.17) is 5.73 Å². The fourth-order valence-electron chi connectivity index (χ4n) is 0.485. The molecule has 0 aliphatic carbocycles. The van der Waals surface area contributed by atoms with Gasteiger partial charge in [-0.25, -0.2) is 0 Å². The first-order chi connectivity index (χ1) is 3.72. The van der Waals surface area contributed by atoms with Gasteiger partial charge in [0.2, 0.25) is 0 Å². The SMILES string of the molecule is CC(C)C(C=O)CN. The second kappa shape index (κ2) is 3.61. The molecule has 1 atom stereocenters. The van der Waals surface area contributed by atoms with E-state index in [9.17, 15) is 4.79 Å². The summed E-state index contributed by atoms with van der Waals surface area (Å²) in [6.45, 7) is 4.46. The van der Waals surface area contributed by atoms with E-state index in [0.717, 1.165) is 6.29 Å². The monoisotopic (exact) mass is 115 g/mol. The smallest absolute Gasteiger partial charge is 0.124 e. The molecule has 8 heavy (non-hydrogen) atoms. The Morgan fingerprint density at radius 1 is 1.62 bits per heavy atom. The predicted octanol–water partition coefficient (Wildman–Crippen LogP) is 0.416. The van der Waals surface area contributed by atoms with Crippen molar-refractivity contribution >= 4 is 6.29 Å². The lowest BCUT2D eigenvalue weighted by atomic mass is 9.98. The van der Waals surface area contributed by atoms with Crippen molar-refractivity contribution in [2.24, 2.45) is 17.6 Å². The minimum Gasteiger partial charge on any atom is -0.330 e. The van der Waals surface area contributed by atoms with E-state index in [0.29, 0.717) is 12.5 Å². The van der Waals surface area contributed by atoms with Crippen LogP contribution in [-0.2, 0) is 4.79 Å². The molecule has 0 aliphatic heterocycles. The third-order valence-corrected chi connectivity index (χ3v) is 1.30. The Balaban J connectivity index is 3.51. The van der Waals surface area contributed by atoms with Crippen LogP contribution >= 0.6 is 0 Å². The molecule has 0 radical (unpaired) electrons. The molecule has 0 aromatic heterocycles. The average molecular weight is 115 g/mol. The molecule has 0 saturated carbocycles. The topological polar surface area (TPSA) is 43.1 Å². The van der Waals surface area contributed by atoms with Gasteiger partial charge in [0, 0.05) is 12.5 Å². The van der Waals surface area contributed by atoms with E-state index in [-0.39, 0.29) is 5.92 Å². The molecule has 0 bridgehead atoms. The van der Waals surface area contributed by atoms with E-state index in [1.807, 2.05) is 13.8 Å². The summed E-state index contributed by atoms with van der Waals surface area (Å²) >= 11 is 0. The lowest BCUT2D eigenvalue weighted by Gasteiger charge is -2.09. The molecule has 0 fully saturated rings. The van der Waals surface area contributed by atoms with Gasteiger partial charge in [0.25, 0.3) is 0 Å². The van der Waals surface area contributed by atoms with Crippen LogP contribution in [0.4, 0.5) is 0 Å². The van der Waals surface area contributed by atoms with Crippen molar-refractivity contribution in [1.82, 2.24) is 0 Å². The summed E-state index contributed by atoms with van der Waals surface area (Å²) in [5, 5.41) is 0.